The second-order valence-corrected chi connectivity index (χ2v) is 6.10. The first-order valence-corrected chi connectivity index (χ1v) is 8.16. The van der Waals surface area contributed by atoms with Gasteiger partial charge in [0.2, 0.25) is 0 Å². The van der Waals surface area contributed by atoms with E-state index in [2.05, 4.69) is 0 Å². The highest BCUT2D eigenvalue weighted by Gasteiger charge is 2.50. The summed E-state index contributed by atoms with van der Waals surface area (Å²) in [5, 5.41) is 77.2. The van der Waals surface area contributed by atoms with Gasteiger partial charge in [0.05, 0.1) is 26.4 Å². The zero-order valence-corrected chi connectivity index (χ0v) is 13.8. The fraction of sp³-hybridized carbons (Fsp3) is 1.00. The quantitative estimate of drug-likeness (QED) is 0.207. The van der Waals surface area contributed by atoms with Gasteiger partial charge in [0.1, 0.15) is 48.8 Å². The van der Waals surface area contributed by atoms with Crippen molar-refractivity contribution < 1.29 is 59.8 Å². The predicted octanol–water partition coefficient (Wildman–Crippen LogP) is -5.38. The van der Waals surface area contributed by atoms with Crippen molar-refractivity contribution in [3.63, 3.8) is 0 Å². The van der Waals surface area contributed by atoms with E-state index in [0.29, 0.717) is 0 Å². The highest BCUT2D eigenvalue weighted by molar-refractivity contribution is 4.94. The van der Waals surface area contributed by atoms with Crippen molar-refractivity contribution in [3.8, 4) is 0 Å². The number of aliphatic hydroxyl groups excluding tert-OH is 8. The van der Waals surface area contributed by atoms with Gasteiger partial charge < -0.3 is 59.8 Å². The lowest BCUT2D eigenvalue weighted by Crippen LogP contribution is -2.64. The SMILES string of the molecule is OCCO[C@H]1O[C@H](CO)[C@@H](O[C@H]2O[C@H](CO)[C@@H](O)[C@H](O)[C@H]2O)[C@H](O)[C@H]1O. The van der Waals surface area contributed by atoms with Gasteiger partial charge in [0, 0.05) is 0 Å². The highest BCUT2D eigenvalue weighted by Crippen LogP contribution is 2.29. The number of hydrogen-bond acceptors (Lipinski definition) is 12. The van der Waals surface area contributed by atoms with Crippen molar-refractivity contribution >= 4 is 0 Å². The zero-order valence-electron chi connectivity index (χ0n) is 13.8. The number of ether oxygens (including phenoxy) is 4. The van der Waals surface area contributed by atoms with Crippen molar-refractivity contribution in [2.75, 3.05) is 26.4 Å². The lowest BCUT2D eigenvalue weighted by molar-refractivity contribution is -0.359. The van der Waals surface area contributed by atoms with E-state index in [4.69, 9.17) is 24.1 Å². The van der Waals surface area contributed by atoms with Crippen LogP contribution < -0.4 is 0 Å². The molecule has 2 rings (SSSR count). The van der Waals surface area contributed by atoms with Gasteiger partial charge in [-0.25, -0.2) is 0 Å². The molecule has 0 spiro atoms. The Labute approximate surface area is 148 Å². The van der Waals surface area contributed by atoms with Crippen molar-refractivity contribution in [1.29, 1.82) is 0 Å². The summed E-state index contributed by atoms with van der Waals surface area (Å²) in [6.45, 7) is -1.84. The fourth-order valence-electron chi connectivity index (χ4n) is 2.86. The van der Waals surface area contributed by atoms with E-state index < -0.39 is 74.6 Å². The van der Waals surface area contributed by atoms with E-state index >= 15 is 0 Å². The average Bonchev–Trinajstić information content (AvgIpc) is 2.64. The Morgan fingerprint density at radius 2 is 1.23 bits per heavy atom. The van der Waals surface area contributed by atoms with E-state index in [9.17, 15) is 35.7 Å². The van der Waals surface area contributed by atoms with Crippen LogP contribution in [0.2, 0.25) is 0 Å². The number of aliphatic hydroxyl groups is 8. The molecule has 154 valence electrons. The van der Waals surface area contributed by atoms with Crippen LogP contribution in [0.3, 0.4) is 0 Å². The second kappa shape index (κ2) is 9.64. The Hall–Kier alpha value is -0.480. The third-order valence-electron chi connectivity index (χ3n) is 4.33. The Morgan fingerprint density at radius 1 is 0.654 bits per heavy atom. The third-order valence-corrected chi connectivity index (χ3v) is 4.33. The van der Waals surface area contributed by atoms with Crippen LogP contribution in [0.4, 0.5) is 0 Å². The average molecular weight is 386 g/mol. The molecule has 0 saturated carbocycles. The van der Waals surface area contributed by atoms with E-state index in [1.165, 1.54) is 0 Å². The lowest BCUT2D eigenvalue weighted by atomic mass is 9.97. The van der Waals surface area contributed by atoms with E-state index in [-0.39, 0.29) is 13.2 Å². The first-order chi connectivity index (χ1) is 12.3. The van der Waals surface area contributed by atoms with Crippen molar-refractivity contribution in [2.45, 2.75) is 61.4 Å². The molecule has 12 heteroatoms. The summed E-state index contributed by atoms with van der Waals surface area (Å²) in [7, 11) is 0. The standard InChI is InChI=1S/C14H26O12/c15-1-2-23-13-11(22)9(20)12(6(4-17)25-13)26-14-10(21)8(19)7(18)5(3-16)24-14/h5-22H,1-4H2/t5-,6-,7-,8+,9-,10-,11-,12-,13+,14-/m1/s1. The maximum Gasteiger partial charge on any atom is 0.187 e. The Morgan fingerprint density at radius 3 is 1.81 bits per heavy atom. The van der Waals surface area contributed by atoms with Gasteiger partial charge in [0.15, 0.2) is 12.6 Å². The molecule has 12 nitrogen and oxygen atoms in total. The fourth-order valence-corrected chi connectivity index (χ4v) is 2.86. The van der Waals surface area contributed by atoms with Crippen LogP contribution in [0, 0.1) is 0 Å². The van der Waals surface area contributed by atoms with Gasteiger partial charge >= 0.3 is 0 Å². The maximum absolute atomic E-state index is 10.3. The smallest absolute Gasteiger partial charge is 0.187 e. The topological polar surface area (TPSA) is 199 Å². The van der Waals surface area contributed by atoms with Crippen molar-refractivity contribution in [3.05, 3.63) is 0 Å². The molecule has 2 fully saturated rings. The van der Waals surface area contributed by atoms with Crippen LogP contribution in [0.1, 0.15) is 0 Å². The molecule has 26 heavy (non-hydrogen) atoms. The molecule has 0 amide bonds. The first kappa shape index (κ1) is 21.8. The van der Waals surface area contributed by atoms with Gasteiger partial charge in [-0.15, -0.1) is 0 Å². The van der Waals surface area contributed by atoms with E-state index in [0.717, 1.165) is 0 Å². The molecule has 0 aromatic carbocycles. The van der Waals surface area contributed by atoms with Gasteiger partial charge in [-0.3, -0.25) is 0 Å². The highest BCUT2D eigenvalue weighted by atomic mass is 16.7. The molecule has 0 bridgehead atoms. The van der Waals surface area contributed by atoms with Crippen LogP contribution in [0.15, 0.2) is 0 Å². The summed E-state index contributed by atoms with van der Waals surface area (Å²) in [5.74, 6) is 0. The molecule has 8 N–H and O–H groups in total. The van der Waals surface area contributed by atoms with Crippen LogP contribution in [0.25, 0.3) is 0 Å². The predicted molar refractivity (Wildman–Crippen MR) is 79.4 cm³/mol. The summed E-state index contributed by atoms with van der Waals surface area (Å²) in [4.78, 5) is 0. The lowest BCUT2D eigenvalue weighted by Gasteiger charge is -2.45. The minimum absolute atomic E-state index is 0.176. The van der Waals surface area contributed by atoms with Crippen LogP contribution in [-0.4, -0.2) is 129 Å². The number of rotatable bonds is 7. The van der Waals surface area contributed by atoms with Crippen LogP contribution >= 0.6 is 0 Å². The van der Waals surface area contributed by atoms with Gasteiger partial charge in [-0.05, 0) is 0 Å². The maximum atomic E-state index is 10.3. The van der Waals surface area contributed by atoms with Crippen LogP contribution in [-0.2, 0) is 18.9 Å². The molecular formula is C14H26O12. The Balaban J connectivity index is 2.09. The molecular weight excluding hydrogens is 360 g/mol. The molecule has 0 aromatic rings. The van der Waals surface area contributed by atoms with E-state index in [1.54, 1.807) is 0 Å². The Bertz CT molecular complexity index is 421. The molecule has 0 aliphatic carbocycles. The summed E-state index contributed by atoms with van der Waals surface area (Å²) in [5.41, 5.74) is 0. The summed E-state index contributed by atoms with van der Waals surface area (Å²) in [6, 6.07) is 0. The third kappa shape index (κ3) is 4.49. The largest absolute Gasteiger partial charge is 0.394 e. The minimum Gasteiger partial charge on any atom is -0.394 e. The van der Waals surface area contributed by atoms with Crippen molar-refractivity contribution in [1.82, 2.24) is 0 Å². The van der Waals surface area contributed by atoms with Crippen LogP contribution in [0.5, 0.6) is 0 Å². The monoisotopic (exact) mass is 386 g/mol. The summed E-state index contributed by atoms with van der Waals surface area (Å²) < 4.78 is 20.9. The summed E-state index contributed by atoms with van der Waals surface area (Å²) >= 11 is 0. The van der Waals surface area contributed by atoms with Gasteiger partial charge in [-0.2, -0.15) is 0 Å². The van der Waals surface area contributed by atoms with E-state index in [1.807, 2.05) is 0 Å². The van der Waals surface area contributed by atoms with Crippen molar-refractivity contribution in [2.24, 2.45) is 0 Å². The molecule has 0 radical (unpaired) electrons. The Kier molecular flexibility index (Phi) is 8.08. The zero-order chi connectivity index (χ0) is 19.4. The molecule has 10 atom stereocenters. The molecule has 2 aliphatic heterocycles. The first-order valence-electron chi connectivity index (χ1n) is 8.16. The molecule has 0 aromatic heterocycles. The molecule has 0 unspecified atom stereocenters. The molecule has 2 aliphatic rings. The summed E-state index contributed by atoms with van der Waals surface area (Å²) in [6.07, 6.45) is -14.9. The minimum atomic E-state index is -1.72. The molecule has 2 saturated heterocycles. The second-order valence-electron chi connectivity index (χ2n) is 6.10. The normalized spacial score (nSPS) is 47.1. The number of hydrogen-bond donors (Lipinski definition) is 8. The van der Waals surface area contributed by atoms with Gasteiger partial charge in [-0.1, -0.05) is 0 Å². The molecule has 2 heterocycles. The van der Waals surface area contributed by atoms with Gasteiger partial charge in [0.25, 0.3) is 0 Å².